The summed E-state index contributed by atoms with van der Waals surface area (Å²) < 4.78 is 5.52. The minimum absolute atomic E-state index is 0.0297. The molecule has 0 aromatic heterocycles. The molecule has 1 unspecified atom stereocenters. The number of hydrogen-bond acceptors (Lipinski definition) is 4. The predicted octanol–water partition coefficient (Wildman–Crippen LogP) is 5.67. The number of Topliss-reactive ketones (excluding diaryl/α,β-unsaturated/α-hetero) is 1. The van der Waals surface area contributed by atoms with Gasteiger partial charge in [0.2, 0.25) is 0 Å². The molecule has 0 radical (unpaired) electrons. The predicted molar refractivity (Wildman–Crippen MR) is 125 cm³/mol. The minimum atomic E-state index is -0.815. The number of carbonyl (C=O) groups is 2. The number of anilines is 1. The third-order valence-corrected chi connectivity index (χ3v) is 5.84. The van der Waals surface area contributed by atoms with E-state index in [4.69, 9.17) is 16.3 Å². The lowest BCUT2D eigenvalue weighted by Crippen LogP contribution is -2.29. The summed E-state index contributed by atoms with van der Waals surface area (Å²) in [5.41, 5.74) is 2.50. The molecule has 162 valence electrons. The number of amides is 1. The van der Waals surface area contributed by atoms with Crippen molar-refractivity contribution < 1.29 is 19.4 Å². The maximum atomic E-state index is 13.2. The van der Waals surface area contributed by atoms with E-state index in [2.05, 4.69) is 0 Å². The Bertz CT molecular complexity index is 1200. The molecule has 1 saturated heterocycles. The second kappa shape index (κ2) is 8.89. The molecule has 1 aliphatic heterocycles. The van der Waals surface area contributed by atoms with Crippen LogP contribution in [0.5, 0.6) is 5.75 Å². The monoisotopic (exact) mass is 447 g/mol. The second-order valence-electron chi connectivity index (χ2n) is 7.47. The molecule has 3 aromatic carbocycles. The van der Waals surface area contributed by atoms with Crippen molar-refractivity contribution in [3.63, 3.8) is 0 Å². The van der Waals surface area contributed by atoms with Crippen molar-refractivity contribution in [1.29, 1.82) is 0 Å². The van der Waals surface area contributed by atoms with Crippen LogP contribution < -0.4 is 9.64 Å². The van der Waals surface area contributed by atoms with E-state index >= 15 is 0 Å². The normalized spacial score (nSPS) is 17.6. The van der Waals surface area contributed by atoms with Crippen LogP contribution in [-0.4, -0.2) is 23.4 Å². The molecule has 0 spiro atoms. The van der Waals surface area contributed by atoms with Crippen LogP contribution in [0.15, 0.2) is 78.4 Å². The molecule has 1 aliphatic rings. The van der Waals surface area contributed by atoms with Crippen molar-refractivity contribution in [3.05, 3.63) is 100 Å². The molecular formula is C26H22ClNO4. The highest BCUT2D eigenvalue weighted by atomic mass is 35.5. The maximum Gasteiger partial charge on any atom is 0.300 e. The number of rotatable bonds is 5. The van der Waals surface area contributed by atoms with Gasteiger partial charge in [-0.2, -0.15) is 0 Å². The van der Waals surface area contributed by atoms with E-state index in [0.29, 0.717) is 34.2 Å². The van der Waals surface area contributed by atoms with Crippen LogP contribution >= 0.6 is 11.6 Å². The third kappa shape index (κ3) is 3.87. The van der Waals surface area contributed by atoms with Crippen molar-refractivity contribution in [1.82, 2.24) is 0 Å². The number of carbonyl (C=O) groups excluding carboxylic acids is 2. The fraction of sp³-hybridized carbons (Fsp3) is 0.154. The third-order valence-electron chi connectivity index (χ3n) is 5.43. The summed E-state index contributed by atoms with van der Waals surface area (Å²) in [6.45, 7) is 4.27. The Morgan fingerprint density at radius 2 is 1.72 bits per heavy atom. The summed E-state index contributed by atoms with van der Waals surface area (Å²) in [5, 5.41) is 11.6. The molecule has 1 fully saturated rings. The Morgan fingerprint density at radius 1 is 1.03 bits per heavy atom. The van der Waals surface area contributed by atoms with Crippen molar-refractivity contribution >= 4 is 34.7 Å². The number of aliphatic hydroxyl groups excluding tert-OH is 1. The highest BCUT2D eigenvalue weighted by molar-refractivity contribution is 6.51. The number of ether oxygens (including phenoxy) is 1. The smallest absolute Gasteiger partial charge is 0.300 e. The standard InChI is InChI=1S/C26H22ClNO4/c1-3-32-20-13-10-17(11-14-20)23-22(24(29)18-7-5-4-6-8-18)25(30)26(31)28(23)19-12-9-16(2)21(27)15-19/h4-15,23,29H,3H2,1-2H3. The van der Waals surface area contributed by atoms with E-state index in [9.17, 15) is 14.7 Å². The Balaban J connectivity index is 1.91. The molecule has 1 atom stereocenters. The van der Waals surface area contributed by atoms with E-state index in [1.54, 1.807) is 66.7 Å². The van der Waals surface area contributed by atoms with Crippen LogP contribution in [0, 0.1) is 6.92 Å². The topological polar surface area (TPSA) is 66.8 Å². The summed E-state index contributed by atoms with van der Waals surface area (Å²) >= 11 is 6.32. The minimum Gasteiger partial charge on any atom is -0.507 e. The highest BCUT2D eigenvalue weighted by Gasteiger charge is 2.47. The number of hydrogen-bond donors (Lipinski definition) is 1. The molecule has 1 N–H and O–H groups in total. The van der Waals surface area contributed by atoms with Crippen molar-refractivity contribution in [2.45, 2.75) is 19.9 Å². The number of ketones is 1. The summed E-state index contributed by atoms with van der Waals surface area (Å²) in [4.78, 5) is 27.7. The summed E-state index contributed by atoms with van der Waals surface area (Å²) in [5.74, 6) is -1.01. The maximum absolute atomic E-state index is 13.2. The van der Waals surface area contributed by atoms with E-state index in [1.807, 2.05) is 19.9 Å². The van der Waals surface area contributed by atoms with Crippen LogP contribution in [0.1, 0.15) is 29.7 Å². The summed E-state index contributed by atoms with van der Waals surface area (Å²) in [7, 11) is 0. The van der Waals surface area contributed by atoms with Crippen molar-refractivity contribution in [3.8, 4) is 5.75 Å². The van der Waals surface area contributed by atoms with Crippen LogP contribution in [0.3, 0.4) is 0 Å². The molecule has 0 aliphatic carbocycles. The number of aliphatic hydroxyl groups is 1. The fourth-order valence-corrected chi connectivity index (χ4v) is 3.99. The van der Waals surface area contributed by atoms with E-state index in [1.165, 1.54) is 4.90 Å². The summed E-state index contributed by atoms with van der Waals surface area (Å²) in [6, 6.07) is 20.3. The molecule has 3 aromatic rings. The molecule has 1 heterocycles. The molecule has 1 amide bonds. The van der Waals surface area contributed by atoms with Gasteiger partial charge in [-0.15, -0.1) is 0 Å². The average Bonchev–Trinajstić information content (AvgIpc) is 3.07. The van der Waals surface area contributed by atoms with E-state index < -0.39 is 17.7 Å². The first-order valence-electron chi connectivity index (χ1n) is 10.3. The van der Waals surface area contributed by atoms with Crippen LogP contribution in [-0.2, 0) is 9.59 Å². The Morgan fingerprint density at radius 3 is 2.34 bits per heavy atom. The quantitative estimate of drug-likeness (QED) is 0.310. The van der Waals surface area contributed by atoms with Gasteiger partial charge in [0.25, 0.3) is 11.7 Å². The first-order chi connectivity index (χ1) is 15.4. The van der Waals surface area contributed by atoms with E-state index in [-0.39, 0.29) is 11.3 Å². The number of benzene rings is 3. The van der Waals surface area contributed by atoms with Gasteiger partial charge < -0.3 is 9.84 Å². The highest BCUT2D eigenvalue weighted by Crippen LogP contribution is 2.43. The van der Waals surface area contributed by atoms with Gasteiger partial charge in [-0.05, 0) is 49.2 Å². The number of nitrogens with zero attached hydrogens (tertiary/aromatic N) is 1. The lowest BCUT2D eigenvalue weighted by atomic mass is 9.95. The van der Waals surface area contributed by atoms with Gasteiger partial charge in [-0.25, -0.2) is 0 Å². The number of aryl methyl sites for hydroxylation is 1. The largest absolute Gasteiger partial charge is 0.507 e. The second-order valence-corrected chi connectivity index (χ2v) is 7.88. The molecule has 4 rings (SSSR count). The van der Waals surface area contributed by atoms with Gasteiger partial charge in [-0.3, -0.25) is 14.5 Å². The molecular weight excluding hydrogens is 426 g/mol. The van der Waals surface area contributed by atoms with Crippen LogP contribution in [0.25, 0.3) is 5.76 Å². The first kappa shape index (κ1) is 21.7. The molecule has 0 bridgehead atoms. The zero-order valence-corrected chi connectivity index (χ0v) is 18.5. The van der Waals surface area contributed by atoms with Gasteiger partial charge >= 0.3 is 0 Å². The lowest BCUT2D eigenvalue weighted by molar-refractivity contribution is -0.132. The molecule has 32 heavy (non-hydrogen) atoms. The fourth-order valence-electron chi connectivity index (χ4n) is 3.81. The Hall–Kier alpha value is -3.57. The van der Waals surface area contributed by atoms with Crippen LogP contribution in [0.2, 0.25) is 5.02 Å². The van der Waals surface area contributed by atoms with Crippen molar-refractivity contribution in [2.75, 3.05) is 11.5 Å². The van der Waals surface area contributed by atoms with E-state index in [0.717, 1.165) is 5.56 Å². The zero-order chi connectivity index (χ0) is 22.8. The van der Waals surface area contributed by atoms with Gasteiger partial charge in [0, 0.05) is 16.3 Å². The lowest BCUT2D eigenvalue weighted by Gasteiger charge is -2.26. The van der Waals surface area contributed by atoms with Gasteiger partial charge in [0.15, 0.2) is 0 Å². The Labute approximate surface area is 191 Å². The molecule has 0 saturated carbocycles. The Kier molecular flexibility index (Phi) is 6.01. The SMILES string of the molecule is CCOc1ccc(C2C(=C(O)c3ccccc3)C(=O)C(=O)N2c2ccc(C)c(Cl)c2)cc1. The van der Waals surface area contributed by atoms with Gasteiger partial charge in [0.1, 0.15) is 11.5 Å². The number of halogens is 1. The summed E-state index contributed by atoms with van der Waals surface area (Å²) in [6.07, 6.45) is 0. The van der Waals surface area contributed by atoms with Gasteiger partial charge in [-0.1, -0.05) is 60.1 Å². The van der Waals surface area contributed by atoms with Crippen molar-refractivity contribution in [2.24, 2.45) is 0 Å². The molecule has 5 nitrogen and oxygen atoms in total. The molecule has 6 heteroatoms. The first-order valence-corrected chi connectivity index (χ1v) is 10.7. The average molecular weight is 448 g/mol. The zero-order valence-electron chi connectivity index (χ0n) is 17.7. The van der Waals surface area contributed by atoms with Crippen LogP contribution in [0.4, 0.5) is 5.69 Å². The van der Waals surface area contributed by atoms with Gasteiger partial charge in [0.05, 0.1) is 18.2 Å².